The summed E-state index contributed by atoms with van der Waals surface area (Å²) in [7, 11) is 0. The zero-order valence-corrected chi connectivity index (χ0v) is 25.2. The van der Waals surface area contributed by atoms with Crippen molar-refractivity contribution in [1.29, 1.82) is 0 Å². The normalized spacial score (nSPS) is 11.5. The molecule has 0 aliphatic carbocycles. The lowest BCUT2D eigenvalue weighted by Crippen LogP contribution is -2.25. The van der Waals surface area contributed by atoms with Gasteiger partial charge in [0, 0.05) is 0 Å². The van der Waals surface area contributed by atoms with Gasteiger partial charge >= 0.3 is 17.9 Å². The minimum Gasteiger partial charge on any atom is -0.494 e. The second-order valence-corrected chi connectivity index (χ2v) is 10.8. The van der Waals surface area contributed by atoms with Gasteiger partial charge in [-0.3, -0.25) is 4.79 Å². The van der Waals surface area contributed by atoms with Crippen LogP contribution in [0.4, 0.5) is 0 Å². The molecule has 0 aromatic heterocycles. The number of halogens is 1. The molecular formula is C34H39ClO7. The minimum absolute atomic E-state index is 0.0647. The Morgan fingerprint density at radius 3 is 1.48 bits per heavy atom. The third kappa shape index (κ3) is 10.9. The monoisotopic (exact) mass is 594 g/mol. The fourth-order valence-corrected chi connectivity index (χ4v) is 3.99. The molecule has 0 heterocycles. The molecule has 1 atom stereocenters. The number of alkyl halides is 1. The third-order valence-corrected chi connectivity index (χ3v) is 7.15. The Labute approximate surface area is 253 Å². The van der Waals surface area contributed by atoms with Crippen LogP contribution in [0.3, 0.4) is 0 Å². The molecule has 0 radical (unpaired) electrons. The number of esters is 3. The number of benzene rings is 3. The van der Waals surface area contributed by atoms with Gasteiger partial charge in [-0.15, -0.1) is 11.6 Å². The summed E-state index contributed by atoms with van der Waals surface area (Å²) in [5.74, 6) is -0.141. The number of ether oxygens (including phenoxy) is 4. The number of hydrogen-bond acceptors (Lipinski definition) is 7. The Bertz CT molecular complexity index is 1270. The molecule has 0 unspecified atom stereocenters. The maximum atomic E-state index is 12.6. The zero-order chi connectivity index (χ0) is 30.3. The molecule has 0 aliphatic rings. The first-order valence-corrected chi connectivity index (χ1v) is 14.9. The van der Waals surface area contributed by atoms with Crippen LogP contribution in [0, 0.1) is 5.92 Å². The van der Waals surface area contributed by atoms with E-state index in [2.05, 4.69) is 6.92 Å². The Kier molecular flexibility index (Phi) is 13.4. The molecule has 7 nitrogen and oxygen atoms in total. The fourth-order valence-electron chi connectivity index (χ4n) is 3.95. The Hall–Kier alpha value is -3.84. The molecule has 0 aliphatic heterocycles. The molecule has 0 N–H and O–H groups in total. The van der Waals surface area contributed by atoms with Gasteiger partial charge in [-0.1, -0.05) is 59.3 Å². The number of carbonyl (C=O) groups is 3. The first-order chi connectivity index (χ1) is 20.3. The Balaban J connectivity index is 1.42. The van der Waals surface area contributed by atoms with Crippen molar-refractivity contribution in [1.82, 2.24) is 0 Å². The summed E-state index contributed by atoms with van der Waals surface area (Å²) < 4.78 is 21.8. The van der Waals surface area contributed by atoms with E-state index in [0.29, 0.717) is 29.4 Å². The largest absolute Gasteiger partial charge is 0.494 e. The lowest BCUT2D eigenvalue weighted by Gasteiger charge is -2.12. The number of unbranched alkanes of at least 4 members (excludes halogenated alkanes) is 6. The van der Waals surface area contributed by atoms with Crippen molar-refractivity contribution in [3.8, 4) is 23.0 Å². The number of rotatable bonds is 16. The van der Waals surface area contributed by atoms with Gasteiger partial charge in [0.05, 0.1) is 17.7 Å². The van der Waals surface area contributed by atoms with E-state index in [0.717, 1.165) is 12.8 Å². The summed E-state index contributed by atoms with van der Waals surface area (Å²) in [6.07, 6.45) is 8.55. The average molecular weight is 595 g/mol. The van der Waals surface area contributed by atoms with Crippen molar-refractivity contribution in [2.24, 2.45) is 5.92 Å². The van der Waals surface area contributed by atoms with E-state index >= 15 is 0 Å². The summed E-state index contributed by atoms with van der Waals surface area (Å²) in [6, 6.07) is 19.0. The lowest BCUT2D eigenvalue weighted by atomic mass is 10.1. The molecule has 0 saturated heterocycles. The molecule has 0 amide bonds. The zero-order valence-electron chi connectivity index (χ0n) is 24.5. The van der Waals surface area contributed by atoms with E-state index in [1.54, 1.807) is 24.3 Å². The van der Waals surface area contributed by atoms with Crippen LogP contribution >= 0.6 is 11.6 Å². The van der Waals surface area contributed by atoms with E-state index in [1.165, 1.54) is 80.6 Å². The summed E-state index contributed by atoms with van der Waals surface area (Å²) in [5.41, 5.74) is 0.663. The van der Waals surface area contributed by atoms with Gasteiger partial charge in [-0.2, -0.15) is 0 Å². The topological polar surface area (TPSA) is 88.1 Å². The van der Waals surface area contributed by atoms with Gasteiger partial charge in [0.2, 0.25) is 0 Å². The first kappa shape index (κ1) is 32.7. The molecule has 0 saturated carbocycles. The molecule has 224 valence electrons. The average Bonchev–Trinajstić information content (AvgIpc) is 2.99. The smallest absolute Gasteiger partial charge is 0.343 e. The van der Waals surface area contributed by atoms with Gasteiger partial charge < -0.3 is 18.9 Å². The van der Waals surface area contributed by atoms with Crippen LogP contribution in [-0.4, -0.2) is 29.9 Å². The molecule has 42 heavy (non-hydrogen) atoms. The quantitative estimate of drug-likeness (QED) is 0.0711. The van der Waals surface area contributed by atoms with Crippen molar-refractivity contribution >= 4 is 29.5 Å². The van der Waals surface area contributed by atoms with E-state index in [-0.39, 0.29) is 17.2 Å². The molecule has 3 aromatic rings. The van der Waals surface area contributed by atoms with Crippen molar-refractivity contribution in [2.45, 2.75) is 71.1 Å². The molecule has 0 bridgehead atoms. The van der Waals surface area contributed by atoms with Gasteiger partial charge in [-0.25, -0.2) is 9.59 Å². The van der Waals surface area contributed by atoms with E-state index in [9.17, 15) is 14.4 Å². The Morgan fingerprint density at radius 2 is 1.00 bits per heavy atom. The summed E-state index contributed by atoms with van der Waals surface area (Å²) in [4.78, 5) is 37.1. The second-order valence-electron chi connectivity index (χ2n) is 10.3. The van der Waals surface area contributed by atoms with Crippen molar-refractivity contribution < 1.29 is 33.3 Å². The van der Waals surface area contributed by atoms with Crippen LogP contribution in [0.15, 0.2) is 72.8 Å². The van der Waals surface area contributed by atoms with Crippen LogP contribution in [0.1, 0.15) is 86.4 Å². The van der Waals surface area contributed by atoms with Crippen LogP contribution in [-0.2, 0) is 4.79 Å². The highest BCUT2D eigenvalue weighted by Gasteiger charge is 2.21. The second kappa shape index (κ2) is 17.2. The molecule has 8 heteroatoms. The fraction of sp³-hybridized carbons (Fsp3) is 0.382. The van der Waals surface area contributed by atoms with Gasteiger partial charge in [0.15, 0.2) is 0 Å². The van der Waals surface area contributed by atoms with Crippen LogP contribution in [0.25, 0.3) is 0 Å². The standard InChI is InChI=1S/C34H39ClO7/c1-4-5-6-7-8-9-10-23-39-27-15-11-25(12-16-27)32(36)40-28-17-13-26(14-18-28)33(37)41-29-19-21-30(22-20-29)42-34(38)31(35)24(2)3/h11-22,24,31H,4-10,23H2,1-3H3/t31-/m0/s1. The molecule has 3 aromatic carbocycles. The van der Waals surface area contributed by atoms with Crippen molar-refractivity contribution in [3.63, 3.8) is 0 Å². The maximum Gasteiger partial charge on any atom is 0.343 e. The molecular weight excluding hydrogens is 556 g/mol. The van der Waals surface area contributed by atoms with Crippen LogP contribution < -0.4 is 18.9 Å². The van der Waals surface area contributed by atoms with Gasteiger partial charge in [0.1, 0.15) is 28.4 Å². The molecule has 0 spiro atoms. The van der Waals surface area contributed by atoms with Crippen molar-refractivity contribution in [3.05, 3.63) is 83.9 Å². The van der Waals surface area contributed by atoms with E-state index in [1.807, 2.05) is 13.8 Å². The van der Waals surface area contributed by atoms with Gasteiger partial charge in [-0.05, 0) is 85.1 Å². The predicted octanol–water partition coefficient (Wildman–Crippen LogP) is 8.42. The maximum absolute atomic E-state index is 12.6. The highest BCUT2D eigenvalue weighted by Crippen LogP contribution is 2.22. The highest BCUT2D eigenvalue weighted by atomic mass is 35.5. The summed E-state index contributed by atoms with van der Waals surface area (Å²) in [6.45, 7) is 6.52. The van der Waals surface area contributed by atoms with E-state index < -0.39 is 23.3 Å². The molecule has 3 rings (SSSR count). The third-order valence-electron chi connectivity index (χ3n) is 6.47. The van der Waals surface area contributed by atoms with Crippen molar-refractivity contribution in [2.75, 3.05) is 6.61 Å². The first-order valence-electron chi connectivity index (χ1n) is 14.5. The summed E-state index contributed by atoms with van der Waals surface area (Å²) >= 11 is 6.02. The highest BCUT2D eigenvalue weighted by molar-refractivity contribution is 6.30. The SMILES string of the molecule is CCCCCCCCCOc1ccc(C(=O)Oc2ccc(C(=O)Oc3ccc(OC(=O)[C@@H](Cl)C(C)C)cc3)cc2)cc1. The molecule has 0 fully saturated rings. The lowest BCUT2D eigenvalue weighted by molar-refractivity contribution is -0.134. The van der Waals surface area contributed by atoms with E-state index in [4.69, 9.17) is 30.5 Å². The number of hydrogen-bond donors (Lipinski definition) is 0. The predicted molar refractivity (Wildman–Crippen MR) is 163 cm³/mol. The van der Waals surface area contributed by atoms with Crippen LogP contribution in [0.5, 0.6) is 23.0 Å². The summed E-state index contributed by atoms with van der Waals surface area (Å²) in [5, 5.41) is -0.755. The van der Waals surface area contributed by atoms with Gasteiger partial charge in [0.25, 0.3) is 0 Å². The Morgan fingerprint density at radius 1 is 0.595 bits per heavy atom. The number of carbonyl (C=O) groups excluding carboxylic acids is 3. The van der Waals surface area contributed by atoms with Crippen LogP contribution in [0.2, 0.25) is 0 Å². The minimum atomic E-state index is -0.755.